The first-order chi connectivity index (χ1) is 16.4. The summed E-state index contributed by atoms with van der Waals surface area (Å²) in [5.74, 6) is -1.84. The van der Waals surface area contributed by atoms with Gasteiger partial charge in [-0.3, -0.25) is 25.2 Å². The maximum atomic E-state index is 13.0. The average Bonchev–Trinajstić information content (AvgIpc) is 3.30. The van der Waals surface area contributed by atoms with Gasteiger partial charge in [-0.05, 0) is 29.3 Å². The van der Waals surface area contributed by atoms with Crippen LogP contribution < -0.4 is 16.2 Å². The summed E-state index contributed by atoms with van der Waals surface area (Å²) in [6, 6.07) is 22.8. The molecule has 3 amide bonds. The highest BCUT2D eigenvalue weighted by atomic mass is 16.3. The Morgan fingerprint density at radius 2 is 1.41 bits per heavy atom. The second-order valence-corrected chi connectivity index (χ2v) is 7.41. The Kier molecular flexibility index (Phi) is 6.40. The Bertz CT molecular complexity index is 1350. The third kappa shape index (κ3) is 4.81. The summed E-state index contributed by atoms with van der Waals surface area (Å²) in [5.41, 5.74) is 7.89. The lowest BCUT2D eigenvalue weighted by Crippen LogP contribution is -2.41. The Balaban J connectivity index is 1.58. The Morgan fingerprint density at radius 1 is 0.794 bits per heavy atom. The summed E-state index contributed by atoms with van der Waals surface area (Å²) in [6.45, 7) is 1.28. The van der Waals surface area contributed by atoms with Crippen LogP contribution in [0, 0.1) is 0 Å². The van der Waals surface area contributed by atoms with Gasteiger partial charge < -0.3 is 14.8 Å². The van der Waals surface area contributed by atoms with E-state index in [1.807, 2.05) is 60.7 Å². The molecule has 3 aromatic carbocycles. The van der Waals surface area contributed by atoms with Crippen molar-refractivity contribution in [2.24, 2.45) is 0 Å². The smallest absolute Gasteiger partial charge is 0.306 e. The minimum absolute atomic E-state index is 0.0370. The van der Waals surface area contributed by atoms with Crippen LogP contribution >= 0.6 is 0 Å². The molecule has 8 nitrogen and oxygen atoms in total. The van der Waals surface area contributed by atoms with Gasteiger partial charge in [-0.2, -0.15) is 0 Å². The number of nitrogens with one attached hydrogen (secondary N) is 3. The number of hydrazine groups is 1. The number of amides is 3. The van der Waals surface area contributed by atoms with Crippen molar-refractivity contribution >= 4 is 23.4 Å². The summed E-state index contributed by atoms with van der Waals surface area (Å²) in [4.78, 5) is 36.8. The number of furan rings is 1. The molecule has 0 atom stereocenters. The molecule has 4 aromatic rings. The maximum Gasteiger partial charge on any atom is 0.306 e. The molecule has 0 aliphatic carbocycles. The van der Waals surface area contributed by atoms with E-state index < -0.39 is 17.7 Å². The van der Waals surface area contributed by atoms with Gasteiger partial charge in [0.1, 0.15) is 5.75 Å². The van der Waals surface area contributed by atoms with Crippen LogP contribution in [0.4, 0.5) is 5.69 Å². The number of hydrogen-bond acceptors (Lipinski definition) is 5. The molecule has 4 N–H and O–H groups in total. The molecular weight excluding hydrogens is 434 g/mol. The molecule has 8 heteroatoms. The number of phenolic OH excluding ortho intramolecular Hbond substituents is 1. The summed E-state index contributed by atoms with van der Waals surface area (Å²) in [7, 11) is 0. The van der Waals surface area contributed by atoms with Crippen LogP contribution in [0.2, 0.25) is 0 Å². The van der Waals surface area contributed by atoms with Crippen molar-refractivity contribution in [1.82, 2.24) is 10.9 Å². The van der Waals surface area contributed by atoms with Crippen LogP contribution in [0.1, 0.15) is 27.8 Å². The van der Waals surface area contributed by atoms with E-state index in [9.17, 15) is 19.5 Å². The molecule has 170 valence electrons. The lowest BCUT2D eigenvalue weighted by atomic mass is 9.96. The van der Waals surface area contributed by atoms with Gasteiger partial charge in [-0.1, -0.05) is 60.7 Å². The zero-order valence-electron chi connectivity index (χ0n) is 18.2. The lowest BCUT2D eigenvalue weighted by molar-refractivity contribution is -0.114. The summed E-state index contributed by atoms with van der Waals surface area (Å²) >= 11 is 0. The normalized spacial score (nSPS) is 10.4. The number of benzene rings is 3. The monoisotopic (exact) mass is 455 g/mol. The number of hydrogen-bond donors (Lipinski definition) is 4. The van der Waals surface area contributed by atoms with Gasteiger partial charge in [-0.25, -0.2) is 0 Å². The van der Waals surface area contributed by atoms with Crippen LogP contribution in [0.15, 0.2) is 89.5 Å². The molecule has 0 saturated heterocycles. The quantitative estimate of drug-likeness (QED) is 0.263. The number of carbonyl (C=O) groups is 3. The Hall–Kier alpha value is -4.85. The summed E-state index contributed by atoms with van der Waals surface area (Å²) < 4.78 is 5.64. The number of anilines is 1. The lowest BCUT2D eigenvalue weighted by Gasteiger charge is -2.10. The second kappa shape index (κ2) is 9.74. The van der Waals surface area contributed by atoms with E-state index in [1.54, 1.807) is 0 Å². The van der Waals surface area contributed by atoms with Gasteiger partial charge in [0.15, 0.2) is 0 Å². The molecule has 0 spiro atoms. The molecule has 0 unspecified atom stereocenters. The first kappa shape index (κ1) is 22.3. The predicted octanol–water partition coefficient (Wildman–Crippen LogP) is 4.35. The van der Waals surface area contributed by atoms with E-state index in [0.29, 0.717) is 5.56 Å². The number of rotatable bonds is 5. The van der Waals surface area contributed by atoms with Crippen molar-refractivity contribution in [3.63, 3.8) is 0 Å². The number of phenols is 1. The van der Waals surface area contributed by atoms with Gasteiger partial charge in [0.2, 0.25) is 11.7 Å². The summed E-state index contributed by atoms with van der Waals surface area (Å²) in [5, 5.41) is 12.3. The van der Waals surface area contributed by atoms with Crippen molar-refractivity contribution in [2.75, 3.05) is 5.32 Å². The molecular formula is C26H21N3O5. The van der Waals surface area contributed by atoms with Gasteiger partial charge in [0.05, 0.1) is 12.0 Å². The molecule has 1 heterocycles. The molecule has 4 rings (SSSR count). The molecule has 0 fully saturated rings. The second-order valence-electron chi connectivity index (χ2n) is 7.41. The third-order valence-electron chi connectivity index (χ3n) is 5.00. The molecule has 0 radical (unpaired) electrons. The average molecular weight is 455 g/mol. The highest BCUT2D eigenvalue weighted by Gasteiger charge is 2.23. The SMILES string of the molecule is CC(=O)Nc1cc(C(=O)NNC(=O)c2occ(-c3ccccc3)c2-c2ccccc2)ccc1O. The van der Waals surface area contributed by atoms with Gasteiger partial charge >= 0.3 is 5.91 Å². The van der Waals surface area contributed by atoms with Crippen LogP contribution in [0.3, 0.4) is 0 Å². The van der Waals surface area contributed by atoms with Crippen molar-refractivity contribution < 1.29 is 23.9 Å². The fraction of sp³-hybridized carbons (Fsp3) is 0.0385. The fourth-order valence-electron chi connectivity index (χ4n) is 3.46. The van der Waals surface area contributed by atoms with Crippen molar-refractivity contribution in [2.45, 2.75) is 6.92 Å². The fourth-order valence-corrected chi connectivity index (χ4v) is 3.46. The zero-order valence-corrected chi connectivity index (χ0v) is 18.2. The van der Waals surface area contributed by atoms with Crippen molar-refractivity contribution in [3.8, 4) is 28.0 Å². The van der Waals surface area contributed by atoms with Crippen molar-refractivity contribution in [3.05, 3.63) is 96.4 Å². The molecule has 1 aromatic heterocycles. The first-order valence-electron chi connectivity index (χ1n) is 10.4. The highest BCUT2D eigenvalue weighted by Crippen LogP contribution is 2.36. The highest BCUT2D eigenvalue weighted by molar-refractivity contribution is 6.04. The van der Waals surface area contributed by atoms with Crippen molar-refractivity contribution in [1.29, 1.82) is 0 Å². The van der Waals surface area contributed by atoms with E-state index in [2.05, 4.69) is 16.2 Å². The zero-order chi connectivity index (χ0) is 24.1. The van der Waals surface area contributed by atoms with Crippen LogP contribution in [0.5, 0.6) is 5.75 Å². The molecule has 0 aliphatic rings. The van der Waals surface area contributed by atoms with Crippen LogP contribution in [-0.2, 0) is 4.79 Å². The first-order valence-corrected chi connectivity index (χ1v) is 10.4. The number of aromatic hydroxyl groups is 1. The molecule has 0 saturated carbocycles. The van der Waals surface area contributed by atoms with Gasteiger partial charge in [0.25, 0.3) is 5.91 Å². The van der Waals surface area contributed by atoms with E-state index in [0.717, 1.165) is 16.7 Å². The Morgan fingerprint density at radius 3 is 2.06 bits per heavy atom. The minimum atomic E-state index is -0.643. The largest absolute Gasteiger partial charge is 0.506 e. The molecule has 0 bridgehead atoms. The molecule has 0 aliphatic heterocycles. The van der Waals surface area contributed by atoms with E-state index >= 15 is 0 Å². The predicted molar refractivity (Wildman–Crippen MR) is 127 cm³/mol. The summed E-state index contributed by atoms with van der Waals surface area (Å²) in [6.07, 6.45) is 1.51. The third-order valence-corrected chi connectivity index (χ3v) is 5.00. The topological polar surface area (TPSA) is 121 Å². The maximum absolute atomic E-state index is 13.0. The van der Waals surface area contributed by atoms with E-state index in [-0.39, 0.29) is 22.8 Å². The van der Waals surface area contributed by atoms with Crippen LogP contribution in [-0.4, -0.2) is 22.8 Å². The molecule has 34 heavy (non-hydrogen) atoms. The van der Waals surface area contributed by atoms with E-state index in [1.165, 1.54) is 31.4 Å². The van der Waals surface area contributed by atoms with E-state index in [4.69, 9.17) is 4.42 Å². The minimum Gasteiger partial charge on any atom is -0.506 e. The van der Waals surface area contributed by atoms with Gasteiger partial charge in [-0.15, -0.1) is 0 Å². The van der Waals surface area contributed by atoms with Gasteiger partial charge in [0, 0.05) is 23.6 Å². The number of carbonyl (C=O) groups excluding carboxylic acids is 3. The van der Waals surface area contributed by atoms with Crippen LogP contribution in [0.25, 0.3) is 22.3 Å². The standard InChI is InChI=1S/C26H21N3O5/c1-16(30)27-21-14-19(12-13-22(21)31)25(32)28-29-26(33)24-23(18-10-6-3-7-11-18)20(15-34-24)17-8-4-2-5-9-17/h2-15,31H,1H3,(H,27,30)(H,28,32)(H,29,33). The Labute approximate surface area is 195 Å².